The molecule has 0 amide bonds. The van der Waals surface area contributed by atoms with E-state index < -0.39 is 14.9 Å². The molecule has 4 rings (SSSR count). The Morgan fingerprint density at radius 1 is 1.06 bits per heavy atom. The Morgan fingerprint density at radius 2 is 1.73 bits per heavy atom. The van der Waals surface area contributed by atoms with Crippen LogP contribution >= 0.6 is 11.3 Å². The van der Waals surface area contributed by atoms with Gasteiger partial charge in [-0.2, -0.15) is 4.31 Å². The minimum Gasteiger partial charge on any atom is -0.494 e. The molecular weight excluding hydrogens is 464 g/mol. The molecule has 0 bridgehead atoms. The zero-order valence-corrected chi connectivity index (χ0v) is 19.7. The van der Waals surface area contributed by atoms with Gasteiger partial charge in [-0.15, -0.1) is 11.3 Å². The van der Waals surface area contributed by atoms with E-state index in [9.17, 15) is 18.5 Å². The van der Waals surface area contributed by atoms with E-state index in [2.05, 4.69) is 4.90 Å². The lowest BCUT2D eigenvalue weighted by atomic mass is 10.1. The van der Waals surface area contributed by atoms with E-state index in [1.165, 1.54) is 28.6 Å². The summed E-state index contributed by atoms with van der Waals surface area (Å²) in [5.74, 6) is 0.849. The van der Waals surface area contributed by atoms with Crippen molar-refractivity contribution in [2.75, 3.05) is 37.7 Å². The fourth-order valence-electron chi connectivity index (χ4n) is 3.61. The largest absolute Gasteiger partial charge is 0.494 e. The highest BCUT2D eigenvalue weighted by atomic mass is 32.2. The number of thiazole rings is 1. The number of piperazine rings is 1. The Labute approximate surface area is 196 Å². The summed E-state index contributed by atoms with van der Waals surface area (Å²) in [6, 6.07) is 13.0. The molecule has 0 spiro atoms. The number of nitro benzene ring substituents is 1. The Bertz CT molecular complexity index is 1200. The molecule has 174 valence electrons. The Balaban J connectivity index is 1.36. The minimum absolute atomic E-state index is 0.0634. The van der Waals surface area contributed by atoms with Gasteiger partial charge in [-0.05, 0) is 36.8 Å². The molecule has 1 saturated heterocycles. The van der Waals surface area contributed by atoms with E-state index in [1.807, 2.05) is 36.6 Å². The number of anilines is 1. The number of hydrogen-bond donors (Lipinski definition) is 0. The number of benzene rings is 2. The van der Waals surface area contributed by atoms with Crippen LogP contribution in [0, 0.1) is 10.1 Å². The predicted octanol–water partition coefficient (Wildman–Crippen LogP) is 3.55. The smallest absolute Gasteiger partial charge is 0.269 e. The molecule has 0 saturated carbocycles. The van der Waals surface area contributed by atoms with Crippen molar-refractivity contribution in [3.05, 3.63) is 75.3 Å². The van der Waals surface area contributed by atoms with Crippen molar-refractivity contribution in [1.29, 1.82) is 0 Å². The van der Waals surface area contributed by atoms with Gasteiger partial charge in [0.1, 0.15) is 5.75 Å². The summed E-state index contributed by atoms with van der Waals surface area (Å²) in [6.45, 7) is 4.30. The highest BCUT2D eigenvalue weighted by molar-refractivity contribution is 7.89. The molecule has 9 nitrogen and oxygen atoms in total. The normalized spacial score (nSPS) is 14.9. The van der Waals surface area contributed by atoms with Crippen molar-refractivity contribution in [1.82, 2.24) is 9.29 Å². The third-order valence-corrected chi connectivity index (χ3v) is 8.22. The first-order chi connectivity index (χ1) is 15.9. The summed E-state index contributed by atoms with van der Waals surface area (Å²) < 4.78 is 32.7. The van der Waals surface area contributed by atoms with Crippen LogP contribution in [0.2, 0.25) is 0 Å². The summed E-state index contributed by atoms with van der Waals surface area (Å²) in [6.07, 6.45) is 0.720. The van der Waals surface area contributed by atoms with Gasteiger partial charge in [0.15, 0.2) is 5.13 Å². The van der Waals surface area contributed by atoms with Crippen molar-refractivity contribution in [3.8, 4) is 5.75 Å². The van der Waals surface area contributed by atoms with E-state index in [1.54, 1.807) is 11.3 Å². The second-order valence-corrected chi connectivity index (χ2v) is 10.3. The Morgan fingerprint density at radius 3 is 2.33 bits per heavy atom. The topological polar surface area (TPSA) is 106 Å². The highest BCUT2D eigenvalue weighted by Gasteiger charge is 2.29. The fraction of sp³-hybridized carbons (Fsp3) is 0.318. The van der Waals surface area contributed by atoms with E-state index in [0.29, 0.717) is 32.8 Å². The van der Waals surface area contributed by atoms with E-state index in [0.717, 1.165) is 28.6 Å². The molecule has 0 radical (unpaired) electrons. The van der Waals surface area contributed by atoms with Crippen LogP contribution in [0.1, 0.15) is 18.2 Å². The fourth-order valence-corrected chi connectivity index (χ4v) is 5.91. The number of nitrogens with zero attached hydrogens (tertiary/aromatic N) is 4. The van der Waals surface area contributed by atoms with E-state index in [-0.39, 0.29) is 10.6 Å². The van der Waals surface area contributed by atoms with Crippen LogP contribution in [0.15, 0.2) is 58.8 Å². The second-order valence-electron chi connectivity index (χ2n) is 7.52. The Kier molecular flexibility index (Phi) is 6.91. The zero-order valence-electron chi connectivity index (χ0n) is 18.1. The van der Waals surface area contributed by atoms with Crippen LogP contribution in [-0.4, -0.2) is 55.4 Å². The lowest BCUT2D eigenvalue weighted by molar-refractivity contribution is -0.384. The summed E-state index contributed by atoms with van der Waals surface area (Å²) in [4.78, 5) is 17.2. The second kappa shape index (κ2) is 9.86. The molecule has 1 aliphatic heterocycles. The van der Waals surface area contributed by atoms with Gasteiger partial charge in [0.2, 0.25) is 10.0 Å². The van der Waals surface area contributed by atoms with Crippen molar-refractivity contribution in [2.24, 2.45) is 0 Å². The first kappa shape index (κ1) is 23.1. The van der Waals surface area contributed by atoms with Crippen LogP contribution < -0.4 is 9.64 Å². The van der Waals surface area contributed by atoms with Gasteiger partial charge in [-0.3, -0.25) is 10.1 Å². The van der Waals surface area contributed by atoms with Crippen LogP contribution in [0.5, 0.6) is 5.75 Å². The number of nitro groups is 1. The van der Waals surface area contributed by atoms with Gasteiger partial charge in [0, 0.05) is 50.1 Å². The quantitative estimate of drug-likeness (QED) is 0.353. The van der Waals surface area contributed by atoms with Gasteiger partial charge in [0.25, 0.3) is 5.69 Å². The first-order valence-corrected chi connectivity index (χ1v) is 12.8. The molecule has 0 N–H and O–H groups in total. The van der Waals surface area contributed by atoms with Crippen LogP contribution in [0.25, 0.3) is 0 Å². The van der Waals surface area contributed by atoms with Crippen molar-refractivity contribution in [2.45, 2.75) is 18.2 Å². The lowest BCUT2D eigenvalue weighted by Gasteiger charge is -2.33. The number of rotatable bonds is 8. The van der Waals surface area contributed by atoms with Gasteiger partial charge in [-0.25, -0.2) is 13.4 Å². The number of non-ortho nitro benzene ring substituents is 1. The molecule has 1 fully saturated rings. The molecule has 2 heterocycles. The van der Waals surface area contributed by atoms with Gasteiger partial charge in [0.05, 0.1) is 22.1 Å². The average molecular weight is 489 g/mol. The zero-order chi connectivity index (χ0) is 23.4. The van der Waals surface area contributed by atoms with Gasteiger partial charge < -0.3 is 9.64 Å². The maximum Gasteiger partial charge on any atom is 0.269 e. The monoisotopic (exact) mass is 488 g/mol. The Hall–Kier alpha value is -3.02. The maximum absolute atomic E-state index is 12.9. The number of aromatic nitrogens is 1. The van der Waals surface area contributed by atoms with E-state index >= 15 is 0 Å². The van der Waals surface area contributed by atoms with Crippen molar-refractivity contribution >= 4 is 32.2 Å². The molecule has 1 aliphatic rings. The minimum atomic E-state index is -3.70. The highest BCUT2D eigenvalue weighted by Crippen LogP contribution is 2.26. The maximum atomic E-state index is 12.9. The van der Waals surface area contributed by atoms with Gasteiger partial charge in [-0.1, -0.05) is 12.1 Å². The van der Waals surface area contributed by atoms with Gasteiger partial charge >= 0.3 is 0 Å². The summed E-state index contributed by atoms with van der Waals surface area (Å²) in [7, 11) is -3.70. The number of hydrogen-bond acceptors (Lipinski definition) is 8. The van der Waals surface area contributed by atoms with Crippen LogP contribution in [0.3, 0.4) is 0 Å². The SMILES string of the molecule is CCOc1ccc(Cc2csc(N3CCN(S(=O)(=O)c4ccc([N+](=O)[O-])cc4)CC3)n2)cc1. The van der Waals surface area contributed by atoms with Crippen LogP contribution in [0.4, 0.5) is 10.8 Å². The molecule has 0 atom stereocenters. The summed E-state index contributed by atoms with van der Waals surface area (Å²) in [5, 5.41) is 13.7. The molecule has 0 aliphatic carbocycles. The molecule has 33 heavy (non-hydrogen) atoms. The molecule has 2 aromatic carbocycles. The third kappa shape index (κ3) is 5.32. The van der Waals surface area contributed by atoms with E-state index in [4.69, 9.17) is 9.72 Å². The predicted molar refractivity (Wildman–Crippen MR) is 127 cm³/mol. The average Bonchev–Trinajstić information content (AvgIpc) is 3.29. The molecule has 0 unspecified atom stereocenters. The third-order valence-electron chi connectivity index (χ3n) is 5.35. The molecule has 11 heteroatoms. The van der Waals surface area contributed by atoms with Crippen molar-refractivity contribution in [3.63, 3.8) is 0 Å². The summed E-state index contributed by atoms with van der Waals surface area (Å²) in [5.41, 5.74) is 1.98. The number of ether oxygens (including phenoxy) is 1. The summed E-state index contributed by atoms with van der Waals surface area (Å²) >= 11 is 1.55. The molecule has 3 aromatic rings. The first-order valence-electron chi connectivity index (χ1n) is 10.5. The van der Waals surface area contributed by atoms with Crippen LogP contribution in [-0.2, 0) is 16.4 Å². The molecule has 1 aromatic heterocycles. The van der Waals surface area contributed by atoms with Crippen molar-refractivity contribution < 1.29 is 18.1 Å². The molecular formula is C22H24N4O5S2. The number of sulfonamides is 1. The standard InChI is InChI=1S/C22H24N4O5S2/c1-2-31-20-7-3-17(4-8-20)15-18-16-32-22(23-18)24-11-13-25(14-12-24)33(29,30)21-9-5-19(6-10-21)26(27)28/h3-10,16H,2,11-15H2,1H3. The lowest BCUT2D eigenvalue weighted by Crippen LogP contribution is -2.48.